The molecule has 146 valence electrons. The second-order valence-corrected chi connectivity index (χ2v) is 8.05. The first-order chi connectivity index (χ1) is 13.5. The molecule has 2 fully saturated rings. The van der Waals surface area contributed by atoms with Crippen LogP contribution in [0.15, 0.2) is 48.5 Å². The maximum absolute atomic E-state index is 13.1. The Hall–Kier alpha value is -2.66. The number of anilines is 1. The van der Waals surface area contributed by atoms with Crippen molar-refractivity contribution in [2.24, 2.45) is 11.7 Å². The lowest BCUT2D eigenvalue weighted by Gasteiger charge is -2.22. The molecule has 5 nitrogen and oxygen atoms in total. The third-order valence-corrected chi connectivity index (χ3v) is 6.25. The van der Waals surface area contributed by atoms with Crippen LogP contribution in [0.1, 0.15) is 29.0 Å². The third kappa shape index (κ3) is 3.31. The Morgan fingerprint density at radius 1 is 1.00 bits per heavy atom. The summed E-state index contributed by atoms with van der Waals surface area (Å²) in [5.74, 6) is -0.0725. The SMILES string of the molecule is Cc1cccc(N2CC(C(=O)N3C[C@@H](N)[C@H](c4ccccc4)C3)CC2=O)c1C. The van der Waals surface area contributed by atoms with Gasteiger partial charge in [-0.1, -0.05) is 42.5 Å². The van der Waals surface area contributed by atoms with Gasteiger partial charge in [-0.2, -0.15) is 0 Å². The molecule has 0 saturated carbocycles. The van der Waals surface area contributed by atoms with Crippen molar-refractivity contribution in [3.05, 3.63) is 65.2 Å². The summed E-state index contributed by atoms with van der Waals surface area (Å²) in [6, 6.07) is 16.0. The van der Waals surface area contributed by atoms with Gasteiger partial charge in [0.05, 0.1) is 5.92 Å². The number of amides is 2. The highest BCUT2D eigenvalue weighted by molar-refractivity contribution is 6.01. The van der Waals surface area contributed by atoms with E-state index in [0.717, 1.165) is 16.8 Å². The number of rotatable bonds is 3. The Kier molecular flexibility index (Phi) is 4.94. The second kappa shape index (κ2) is 7.40. The molecular formula is C23H27N3O2. The molecule has 2 amide bonds. The van der Waals surface area contributed by atoms with Crippen molar-refractivity contribution in [1.82, 2.24) is 4.90 Å². The molecule has 3 atom stereocenters. The Balaban J connectivity index is 1.48. The molecule has 2 aromatic carbocycles. The molecule has 0 spiro atoms. The maximum atomic E-state index is 13.1. The van der Waals surface area contributed by atoms with Crippen molar-refractivity contribution in [2.45, 2.75) is 32.2 Å². The van der Waals surface area contributed by atoms with Gasteiger partial charge < -0.3 is 15.5 Å². The quantitative estimate of drug-likeness (QED) is 0.894. The van der Waals surface area contributed by atoms with E-state index in [0.29, 0.717) is 19.6 Å². The highest BCUT2D eigenvalue weighted by Gasteiger charge is 2.41. The zero-order chi connectivity index (χ0) is 19.8. The molecule has 0 radical (unpaired) electrons. The number of nitrogens with two attached hydrogens (primary N) is 1. The number of aryl methyl sites for hydroxylation is 1. The zero-order valence-corrected chi connectivity index (χ0v) is 16.5. The van der Waals surface area contributed by atoms with E-state index in [9.17, 15) is 9.59 Å². The third-order valence-electron chi connectivity index (χ3n) is 6.25. The van der Waals surface area contributed by atoms with Crippen LogP contribution in [0, 0.1) is 19.8 Å². The van der Waals surface area contributed by atoms with Gasteiger partial charge in [-0.25, -0.2) is 0 Å². The summed E-state index contributed by atoms with van der Waals surface area (Å²) in [6.45, 7) is 5.68. The minimum Gasteiger partial charge on any atom is -0.340 e. The molecule has 2 saturated heterocycles. The smallest absolute Gasteiger partial charge is 0.228 e. The fourth-order valence-corrected chi connectivity index (χ4v) is 4.45. The van der Waals surface area contributed by atoms with Gasteiger partial charge in [0.25, 0.3) is 0 Å². The minimum atomic E-state index is -0.297. The normalized spacial score (nSPS) is 24.8. The largest absolute Gasteiger partial charge is 0.340 e. The first-order valence-corrected chi connectivity index (χ1v) is 9.91. The first-order valence-electron chi connectivity index (χ1n) is 9.91. The maximum Gasteiger partial charge on any atom is 0.228 e. The highest BCUT2D eigenvalue weighted by Crippen LogP contribution is 2.32. The standard InChI is InChI=1S/C23H27N3O2/c1-15-7-6-10-21(16(15)2)26-12-18(11-22(26)27)23(28)25-13-19(20(24)14-25)17-8-4-3-5-9-17/h3-10,18-20H,11-14,24H2,1-2H3/t18?,19-,20+/m0/s1. The fourth-order valence-electron chi connectivity index (χ4n) is 4.45. The Bertz CT molecular complexity index is 896. The second-order valence-electron chi connectivity index (χ2n) is 8.05. The fraction of sp³-hybridized carbons (Fsp3) is 0.391. The van der Waals surface area contributed by atoms with Crippen molar-refractivity contribution < 1.29 is 9.59 Å². The number of hydrogen-bond acceptors (Lipinski definition) is 3. The van der Waals surface area contributed by atoms with Gasteiger partial charge >= 0.3 is 0 Å². The lowest BCUT2D eigenvalue weighted by molar-refractivity contribution is -0.134. The number of likely N-dealkylation sites (tertiary alicyclic amines) is 1. The first kappa shape index (κ1) is 18.7. The van der Waals surface area contributed by atoms with Crippen LogP contribution in [-0.2, 0) is 9.59 Å². The van der Waals surface area contributed by atoms with Crippen LogP contribution in [0.2, 0.25) is 0 Å². The number of carbonyl (C=O) groups is 2. The van der Waals surface area contributed by atoms with Crippen molar-refractivity contribution in [2.75, 3.05) is 24.5 Å². The van der Waals surface area contributed by atoms with Crippen molar-refractivity contribution in [3.63, 3.8) is 0 Å². The number of benzene rings is 2. The van der Waals surface area contributed by atoms with Crippen LogP contribution >= 0.6 is 0 Å². The van der Waals surface area contributed by atoms with Crippen LogP contribution in [0.5, 0.6) is 0 Å². The van der Waals surface area contributed by atoms with Crippen LogP contribution in [0.4, 0.5) is 5.69 Å². The zero-order valence-electron chi connectivity index (χ0n) is 16.5. The van der Waals surface area contributed by atoms with E-state index in [-0.39, 0.29) is 36.1 Å². The molecule has 2 aliphatic rings. The monoisotopic (exact) mass is 377 g/mol. The van der Waals surface area contributed by atoms with Gasteiger partial charge in [0.1, 0.15) is 0 Å². The van der Waals surface area contributed by atoms with Gasteiger partial charge in [0.2, 0.25) is 11.8 Å². The predicted octanol–water partition coefficient (Wildman–Crippen LogP) is 2.61. The summed E-state index contributed by atoms with van der Waals surface area (Å²) < 4.78 is 0. The van der Waals surface area contributed by atoms with Gasteiger partial charge in [-0.3, -0.25) is 9.59 Å². The van der Waals surface area contributed by atoms with Crippen LogP contribution in [-0.4, -0.2) is 42.4 Å². The molecule has 28 heavy (non-hydrogen) atoms. The van der Waals surface area contributed by atoms with Crippen molar-refractivity contribution >= 4 is 17.5 Å². The molecule has 2 heterocycles. The van der Waals surface area contributed by atoms with E-state index in [2.05, 4.69) is 12.1 Å². The summed E-state index contributed by atoms with van der Waals surface area (Å²) >= 11 is 0. The molecule has 2 N–H and O–H groups in total. The lowest BCUT2D eigenvalue weighted by Crippen LogP contribution is -2.37. The lowest BCUT2D eigenvalue weighted by atomic mass is 9.95. The van der Waals surface area contributed by atoms with Gasteiger partial charge in [-0.05, 0) is 36.6 Å². The van der Waals surface area contributed by atoms with Crippen LogP contribution < -0.4 is 10.6 Å². The van der Waals surface area contributed by atoms with E-state index in [1.54, 1.807) is 4.90 Å². The Labute approximate surface area is 166 Å². The molecule has 0 aliphatic carbocycles. The molecule has 2 aliphatic heterocycles. The molecule has 1 unspecified atom stereocenters. The number of nitrogens with zero attached hydrogens (tertiary/aromatic N) is 2. The molecule has 0 bridgehead atoms. The van der Waals surface area contributed by atoms with Gasteiger partial charge in [-0.15, -0.1) is 0 Å². The summed E-state index contributed by atoms with van der Waals surface area (Å²) in [6.07, 6.45) is 0.272. The molecule has 4 rings (SSSR count). The summed E-state index contributed by atoms with van der Waals surface area (Å²) in [5.41, 5.74) is 10.7. The summed E-state index contributed by atoms with van der Waals surface area (Å²) in [7, 11) is 0. The van der Waals surface area contributed by atoms with Crippen molar-refractivity contribution in [3.8, 4) is 0 Å². The Morgan fingerprint density at radius 3 is 2.50 bits per heavy atom. The summed E-state index contributed by atoms with van der Waals surface area (Å²) in [4.78, 5) is 29.4. The van der Waals surface area contributed by atoms with E-state index in [4.69, 9.17) is 5.73 Å². The van der Waals surface area contributed by atoms with E-state index < -0.39 is 0 Å². The van der Waals surface area contributed by atoms with Crippen LogP contribution in [0.25, 0.3) is 0 Å². The minimum absolute atomic E-state index is 0.0233. The average molecular weight is 377 g/mol. The molecule has 0 aromatic heterocycles. The van der Waals surface area contributed by atoms with E-state index in [1.165, 1.54) is 5.56 Å². The highest BCUT2D eigenvalue weighted by atomic mass is 16.2. The summed E-state index contributed by atoms with van der Waals surface area (Å²) in [5, 5.41) is 0. The van der Waals surface area contributed by atoms with E-state index in [1.807, 2.05) is 55.1 Å². The molecule has 2 aromatic rings. The predicted molar refractivity (Wildman–Crippen MR) is 110 cm³/mol. The Morgan fingerprint density at radius 2 is 1.75 bits per heavy atom. The van der Waals surface area contributed by atoms with E-state index >= 15 is 0 Å². The average Bonchev–Trinajstić information content (AvgIpc) is 3.27. The number of carbonyl (C=O) groups excluding carboxylic acids is 2. The van der Waals surface area contributed by atoms with Gasteiger partial charge in [0, 0.05) is 43.7 Å². The molecular weight excluding hydrogens is 350 g/mol. The molecule has 5 heteroatoms. The van der Waals surface area contributed by atoms with Gasteiger partial charge in [0.15, 0.2) is 0 Å². The van der Waals surface area contributed by atoms with Crippen LogP contribution in [0.3, 0.4) is 0 Å². The van der Waals surface area contributed by atoms with Crippen molar-refractivity contribution in [1.29, 1.82) is 0 Å². The number of hydrogen-bond donors (Lipinski definition) is 1. The topological polar surface area (TPSA) is 66.6 Å².